The van der Waals surface area contributed by atoms with Crippen molar-refractivity contribution in [3.63, 3.8) is 0 Å². The van der Waals surface area contributed by atoms with Crippen molar-refractivity contribution in [2.45, 2.75) is 24.6 Å². The molecule has 0 saturated carbocycles. The molecule has 1 saturated heterocycles. The molecule has 1 atom stereocenters. The molecular weight excluding hydrogens is 391 g/mol. The van der Waals surface area contributed by atoms with Crippen LogP contribution in [-0.2, 0) is 22.9 Å². The minimum atomic E-state index is -4.49. The van der Waals surface area contributed by atoms with Gasteiger partial charge in [0.1, 0.15) is 5.69 Å². The van der Waals surface area contributed by atoms with Crippen molar-refractivity contribution in [3.8, 4) is 11.3 Å². The number of halogens is 3. The van der Waals surface area contributed by atoms with E-state index in [0.717, 1.165) is 41.2 Å². The quantitative estimate of drug-likeness (QED) is 0.703. The third-order valence-corrected chi connectivity index (χ3v) is 6.07. The van der Waals surface area contributed by atoms with Crippen molar-refractivity contribution in [2.75, 3.05) is 24.6 Å². The zero-order valence-corrected chi connectivity index (χ0v) is 15.5. The molecule has 3 aromatic rings. The van der Waals surface area contributed by atoms with Crippen molar-refractivity contribution in [1.82, 2.24) is 20.2 Å². The fraction of sp³-hybridized carbons (Fsp3) is 0.389. The van der Waals surface area contributed by atoms with Crippen LogP contribution in [0.5, 0.6) is 0 Å². The third-order valence-electron chi connectivity index (χ3n) is 5.39. The van der Waals surface area contributed by atoms with Crippen molar-refractivity contribution in [2.24, 2.45) is 0 Å². The number of thiophene rings is 1. The highest BCUT2D eigenvalue weighted by atomic mass is 32.1. The van der Waals surface area contributed by atoms with Crippen LogP contribution in [0.25, 0.3) is 11.3 Å². The maximum absolute atomic E-state index is 13.0. The summed E-state index contributed by atoms with van der Waals surface area (Å²) in [6.45, 7) is 1.99. The molecule has 5 rings (SSSR count). The molecule has 3 aromatic heterocycles. The minimum Gasteiger partial charge on any atom is -0.376 e. The first-order chi connectivity index (χ1) is 13.5. The largest absolute Gasteiger partial charge is 0.433 e. The Morgan fingerprint density at radius 2 is 2.18 bits per heavy atom. The molecule has 1 spiro atoms. The van der Waals surface area contributed by atoms with Gasteiger partial charge in [0.25, 0.3) is 0 Å². The van der Waals surface area contributed by atoms with E-state index >= 15 is 0 Å². The first-order valence-electron chi connectivity index (χ1n) is 8.79. The number of nitrogens with one attached hydrogen (secondary N) is 1. The van der Waals surface area contributed by atoms with Crippen LogP contribution in [0.3, 0.4) is 0 Å². The molecule has 0 radical (unpaired) electrons. The van der Waals surface area contributed by atoms with Crippen LogP contribution in [0.1, 0.15) is 23.4 Å². The molecule has 2 aliphatic rings. The fourth-order valence-electron chi connectivity index (χ4n) is 4.03. The fourth-order valence-corrected chi connectivity index (χ4v) is 4.67. The van der Waals surface area contributed by atoms with Crippen LogP contribution in [0, 0.1) is 0 Å². The number of rotatable bonds is 2. The molecule has 6 nitrogen and oxygen atoms in total. The van der Waals surface area contributed by atoms with Gasteiger partial charge in [0.2, 0.25) is 5.95 Å². The van der Waals surface area contributed by atoms with Gasteiger partial charge in [-0.25, -0.2) is 9.97 Å². The molecule has 0 aromatic carbocycles. The number of aromatic amines is 1. The lowest BCUT2D eigenvalue weighted by Gasteiger charge is -2.33. The lowest BCUT2D eigenvalue weighted by molar-refractivity contribution is -0.141. The Labute approximate surface area is 162 Å². The molecule has 1 N–H and O–H groups in total. The van der Waals surface area contributed by atoms with Gasteiger partial charge in [0.05, 0.1) is 30.0 Å². The first-order valence-corrected chi connectivity index (χ1v) is 9.74. The van der Waals surface area contributed by atoms with E-state index in [4.69, 9.17) is 4.74 Å². The van der Waals surface area contributed by atoms with E-state index < -0.39 is 11.9 Å². The highest BCUT2D eigenvalue weighted by Crippen LogP contribution is 2.43. The van der Waals surface area contributed by atoms with Crippen molar-refractivity contribution in [3.05, 3.63) is 46.0 Å². The lowest BCUT2D eigenvalue weighted by Crippen LogP contribution is -2.40. The molecule has 146 valence electrons. The third kappa shape index (κ3) is 2.78. The summed E-state index contributed by atoms with van der Waals surface area (Å²) in [5.74, 6) is 0.0939. The summed E-state index contributed by atoms with van der Waals surface area (Å²) >= 11 is 1.60. The van der Waals surface area contributed by atoms with Crippen LogP contribution >= 0.6 is 11.3 Å². The smallest absolute Gasteiger partial charge is 0.376 e. The van der Waals surface area contributed by atoms with E-state index in [2.05, 4.69) is 20.2 Å². The molecule has 1 fully saturated rings. The molecule has 10 heteroatoms. The molecular formula is C18H16F3N5OS. The van der Waals surface area contributed by atoms with Gasteiger partial charge in [-0.05, 0) is 23.9 Å². The Morgan fingerprint density at radius 3 is 2.96 bits per heavy atom. The normalized spacial score (nSPS) is 22.0. The van der Waals surface area contributed by atoms with Gasteiger partial charge < -0.3 is 9.64 Å². The van der Waals surface area contributed by atoms with E-state index in [0.29, 0.717) is 26.3 Å². The summed E-state index contributed by atoms with van der Waals surface area (Å²) in [6.07, 6.45) is -2.61. The monoisotopic (exact) mass is 407 g/mol. The summed E-state index contributed by atoms with van der Waals surface area (Å²) in [7, 11) is 0. The highest BCUT2D eigenvalue weighted by Gasteiger charge is 2.46. The zero-order chi connectivity index (χ0) is 19.4. The minimum absolute atomic E-state index is 0.0939. The number of aromatic nitrogens is 4. The van der Waals surface area contributed by atoms with E-state index in [9.17, 15) is 13.2 Å². The summed E-state index contributed by atoms with van der Waals surface area (Å²) in [6, 6.07) is 2.90. The number of hydrogen-bond donors (Lipinski definition) is 1. The second-order valence-electron chi connectivity index (χ2n) is 7.12. The van der Waals surface area contributed by atoms with E-state index in [1.165, 1.54) is 0 Å². The van der Waals surface area contributed by atoms with Gasteiger partial charge in [-0.15, -0.1) is 0 Å². The number of nitrogens with zero attached hydrogens (tertiary/aromatic N) is 4. The lowest BCUT2D eigenvalue weighted by atomic mass is 9.80. The van der Waals surface area contributed by atoms with Gasteiger partial charge in [-0.1, -0.05) is 0 Å². The number of H-pyrrole nitrogens is 1. The van der Waals surface area contributed by atoms with Crippen LogP contribution < -0.4 is 4.90 Å². The predicted octanol–water partition coefficient (Wildman–Crippen LogP) is 3.63. The topological polar surface area (TPSA) is 66.9 Å². The molecule has 0 amide bonds. The summed E-state index contributed by atoms with van der Waals surface area (Å²) in [4.78, 5) is 9.59. The maximum atomic E-state index is 13.0. The zero-order valence-electron chi connectivity index (χ0n) is 14.7. The summed E-state index contributed by atoms with van der Waals surface area (Å²) in [5.41, 5.74) is 2.67. The Morgan fingerprint density at radius 1 is 1.29 bits per heavy atom. The van der Waals surface area contributed by atoms with Crippen molar-refractivity contribution in [1.29, 1.82) is 0 Å². The molecule has 5 heterocycles. The Kier molecular flexibility index (Phi) is 3.95. The molecule has 2 aliphatic heterocycles. The van der Waals surface area contributed by atoms with Crippen molar-refractivity contribution >= 4 is 17.3 Å². The van der Waals surface area contributed by atoms with Crippen LogP contribution in [0.15, 0.2) is 29.1 Å². The van der Waals surface area contributed by atoms with E-state index in [1.54, 1.807) is 16.2 Å². The Bertz CT molecular complexity index is 1000. The first kappa shape index (κ1) is 17.6. The van der Waals surface area contributed by atoms with Gasteiger partial charge in [-0.3, -0.25) is 5.10 Å². The molecule has 28 heavy (non-hydrogen) atoms. The number of hydrogen-bond acceptors (Lipinski definition) is 6. The Hall–Kier alpha value is -2.46. The van der Waals surface area contributed by atoms with Gasteiger partial charge in [-0.2, -0.15) is 29.6 Å². The van der Waals surface area contributed by atoms with Crippen LogP contribution in [0.2, 0.25) is 0 Å². The van der Waals surface area contributed by atoms with E-state index in [1.807, 2.05) is 16.8 Å². The number of anilines is 1. The second-order valence-corrected chi connectivity index (χ2v) is 7.90. The summed E-state index contributed by atoms with van der Waals surface area (Å²) in [5, 5.41) is 11.7. The maximum Gasteiger partial charge on any atom is 0.433 e. The Balaban J connectivity index is 1.47. The standard InChI is InChI=1S/C18H16F3N5OS/c19-18(20,21)13-1-4-22-16(23-13)26-5-3-17(9-26)10-27-7-12-14(24-25-15(12)17)11-2-6-28-8-11/h1-2,4,6,8H,3,5,7,9-10H2,(H,24,25)/t17-/m1/s1. The highest BCUT2D eigenvalue weighted by molar-refractivity contribution is 7.08. The van der Waals surface area contributed by atoms with E-state index in [-0.39, 0.29) is 11.4 Å². The second kappa shape index (κ2) is 6.28. The number of alkyl halides is 3. The summed E-state index contributed by atoms with van der Waals surface area (Å²) < 4.78 is 44.9. The molecule has 0 unspecified atom stereocenters. The number of fused-ring (bicyclic) bond motifs is 2. The molecule has 0 bridgehead atoms. The van der Waals surface area contributed by atoms with Crippen LogP contribution in [0.4, 0.5) is 19.1 Å². The molecule has 0 aliphatic carbocycles. The van der Waals surface area contributed by atoms with Gasteiger partial charge in [0.15, 0.2) is 0 Å². The predicted molar refractivity (Wildman–Crippen MR) is 97.1 cm³/mol. The van der Waals surface area contributed by atoms with Gasteiger partial charge in [0, 0.05) is 35.8 Å². The van der Waals surface area contributed by atoms with Crippen LogP contribution in [-0.4, -0.2) is 39.9 Å². The van der Waals surface area contributed by atoms with Gasteiger partial charge >= 0.3 is 6.18 Å². The average molecular weight is 407 g/mol. The SMILES string of the molecule is FC(F)(F)c1ccnc(N2CC[C@]3(COCc4c(-c5ccsc5)n[nH]c43)C2)n1. The van der Waals surface area contributed by atoms with Crippen molar-refractivity contribution < 1.29 is 17.9 Å². The average Bonchev–Trinajstić information content (AvgIpc) is 3.41. The number of ether oxygens (including phenoxy) is 1.